The minimum Gasteiger partial charge on any atom is -0.383 e. The molecular weight excluding hydrogens is 186 g/mol. The molecule has 1 rings (SSSR count). The Balaban J connectivity index is 2.32. The van der Waals surface area contributed by atoms with Gasteiger partial charge in [-0.2, -0.15) is 4.37 Å². The maximum absolute atomic E-state index is 5.60. The summed E-state index contributed by atoms with van der Waals surface area (Å²) >= 11 is 1.39. The number of rotatable bonds is 5. The van der Waals surface area contributed by atoms with Crippen LogP contribution in [0.25, 0.3) is 0 Å². The lowest BCUT2D eigenvalue weighted by Crippen LogP contribution is -2.08. The van der Waals surface area contributed by atoms with Crippen LogP contribution in [0.3, 0.4) is 0 Å². The fourth-order valence-electron chi connectivity index (χ4n) is 0.894. The molecule has 3 N–H and O–H groups in total. The molecular formula is C8H15N3OS. The van der Waals surface area contributed by atoms with Gasteiger partial charge in [-0.1, -0.05) is 0 Å². The van der Waals surface area contributed by atoms with Gasteiger partial charge in [-0.3, -0.25) is 0 Å². The number of ether oxygens (including phenoxy) is 1. The number of hydrogen-bond acceptors (Lipinski definition) is 5. The summed E-state index contributed by atoms with van der Waals surface area (Å²) in [6, 6.07) is 0. The molecule has 0 saturated heterocycles. The highest BCUT2D eigenvalue weighted by Crippen LogP contribution is 2.24. The summed E-state index contributed by atoms with van der Waals surface area (Å²) in [6.07, 6.45) is 0. The van der Waals surface area contributed by atoms with Gasteiger partial charge in [-0.15, -0.1) is 0 Å². The largest absolute Gasteiger partial charge is 0.383 e. The fourth-order valence-corrected chi connectivity index (χ4v) is 1.63. The van der Waals surface area contributed by atoms with Crippen molar-refractivity contribution in [3.8, 4) is 0 Å². The van der Waals surface area contributed by atoms with Crippen molar-refractivity contribution in [1.29, 1.82) is 0 Å². The van der Waals surface area contributed by atoms with Gasteiger partial charge in [0.25, 0.3) is 0 Å². The topological polar surface area (TPSA) is 60.2 Å². The molecule has 0 fully saturated rings. The van der Waals surface area contributed by atoms with Crippen LogP contribution < -0.4 is 11.1 Å². The third-order valence-electron chi connectivity index (χ3n) is 1.70. The molecule has 0 aromatic carbocycles. The summed E-state index contributed by atoms with van der Waals surface area (Å²) in [5.74, 6) is 0.615. The van der Waals surface area contributed by atoms with Gasteiger partial charge in [-0.25, -0.2) is 0 Å². The number of hydrogen-bond donors (Lipinski definition) is 2. The van der Waals surface area contributed by atoms with Crippen LogP contribution in [0.2, 0.25) is 0 Å². The first-order valence-electron chi connectivity index (χ1n) is 4.29. The molecule has 1 heterocycles. The van der Waals surface area contributed by atoms with Crippen molar-refractivity contribution >= 4 is 22.4 Å². The molecule has 0 amide bonds. The molecule has 0 spiro atoms. The Morgan fingerprint density at radius 1 is 1.62 bits per heavy atom. The van der Waals surface area contributed by atoms with Gasteiger partial charge in [0.15, 0.2) is 0 Å². The summed E-state index contributed by atoms with van der Waals surface area (Å²) in [5.41, 5.74) is 6.63. The average molecular weight is 201 g/mol. The smallest absolute Gasteiger partial charge is 0.142 e. The van der Waals surface area contributed by atoms with Gasteiger partial charge in [0.05, 0.1) is 6.61 Å². The Kier molecular flexibility index (Phi) is 3.98. The molecule has 74 valence electrons. The molecule has 0 aliphatic heterocycles. The second-order valence-corrected chi connectivity index (χ2v) is 3.42. The van der Waals surface area contributed by atoms with E-state index in [1.54, 1.807) is 0 Å². The molecule has 5 heteroatoms. The molecule has 13 heavy (non-hydrogen) atoms. The van der Waals surface area contributed by atoms with E-state index in [0.717, 1.165) is 23.7 Å². The number of nitrogen functional groups attached to an aromatic ring is 1. The zero-order valence-electron chi connectivity index (χ0n) is 7.96. The summed E-state index contributed by atoms with van der Waals surface area (Å²) in [4.78, 5) is 0. The third kappa shape index (κ3) is 2.86. The van der Waals surface area contributed by atoms with Crippen LogP contribution >= 0.6 is 11.5 Å². The maximum atomic E-state index is 5.60. The minimum absolute atomic E-state index is 0.615. The van der Waals surface area contributed by atoms with E-state index in [-0.39, 0.29) is 0 Å². The predicted octanol–water partition coefficient (Wildman–Crippen LogP) is 1.48. The number of aromatic nitrogens is 1. The van der Waals surface area contributed by atoms with E-state index in [9.17, 15) is 0 Å². The van der Waals surface area contributed by atoms with Crippen molar-refractivity contribution < 1.29 is 4.74 Å². The van der Waals surface area contributed by atoms with Crippen LogP contribution in [0.4, 0.5) is 10.8 Å². The Morgan fingerprint density at radius 3 is 2.92 bits per heavy atom. The lowest BCUT2D eigenvalue weighted by atomic mass is 10.3. The minimum atomic E-state index is 0.615. The van der Waals surface area contributed by atoms with Gasteiger partial charge in [-0.05, 0) is 25.4 Å². The van der Waals surface area contributed by atoms with Crippen LogP contribution in [0.5, 0.6) is 0 Å². The molecule has 0 aliphatic carbocycles. The first-order valence-corrected chi connectivity index (χ1v) is 5.06. The van der Waals surface area contributed by atoms with Crippen LogP contribution in [0, 0.1) is 6.92 Å². The Hall–Kier alpha value is -0.810. The molecule has 0 unspecified atom stereocenters. The Labute approximate surface area is 82.3 Å². The SMILES string of the molecule is CCOCCNc1snc(N)c1C. The second kappa shape index (κ2) is 5.04. The molecule has 4 nitrogen and oxygen atoms in total. The van der Waals surface area contributed by atoms with Crippen LogP contribution in [0.1, 0.15) is 12.5 Å². The average Bonchev–Trinajstić information content (AvgIpc) is 2.43. The zero-order chi connectivity index (χ0) is 9.68. The van der Waals surface area contributed by atoms with Crippen LogP contribution in [0.15, 0.2) is 0 Å². The Bertz CT molecular complexity index is 262. The molecule has 0 atom stereocenters. The van der Waals surface area contributed by atoms with Gasteiger partial charge in [0.1, 0.15) is 10.8 Å². The second-order valence-electron chi connectivity index (χ2n) is 2.65. The molecule has 1 aromatic rings. The van der Waals surface area contributed by atoms with E-state index in [4.69, 9.17) is 10.5 Å². The summed E-state index contributed by atoms with van der Waals surface area (Å²) < 4.78 is 9.22. The monoisotopic (exact) mass is 201 g/mol. The summed E-state index contributed by atoms with van der Waals surface area (Å²) in [5, 5.41) is 4.26. The van der Waals surface area contributed by atoms with E-state index < -0.39 is 0 Å². The van der Waals surface area contributed by atoms with Crippen LogP contribution in [-0.2, 0) is 4.74 Å². The summed E-state index contributed by atoms with van der Waals surface area (Å²) in [7, 11) is 0. The summed E-state index contributed by atoms with van der Waals surface area (Å²) in [6.45, 7) is 6.22. The highest BCUT2D eigenvalue weighted by atomic mass is 32.1. The van der Waals surface area contributed by atoms with Crippen molar-refractivity contribution in [2.24, 2.45) is 0 Å². The number of anilines is 2. The Morgan fingerprint density at radius 2 is 2.38 bits per heavy atom. The van der Waals surface area contributed by atoms with Gasteiger partial charge < -0.3 is 15.8 Å². The van der Waals surface area contributed by atoms with Crippen LogP contribution in [-0.4, -0.2) is 24.1 Å². The van der Waals surface area contributed by atoms with Crippen molar-refractivity contribution in [2.45, 2.75) is 13.8 Å². The normalized spacial score (nSPS) is 10.3. The van der Waals surface area contributed by atoms with Gasteiger partial charge in [0, 0.05) is 18.7 Å². The molecule has 1 aromatic heterocycles. The predicted molar refractivity (Wildman–Crippen MR) is 56.2 cm³/mol. The molecule has 0 bridgehead atoms. The molecule has 0 radical (unpaired) electrons. The number of nitrogens with zero attached hydrogens (tertiary/aromatic N) is 1. The zero-order valence-corrected chi connectivity index (χ0v) is 8.78. The fraction of sp³-hybridized carbons (Fsp3) is 0.625. The van der Waals surface area contributed by atoms with E-state index in [1.165, 1.54) is 11.5 Å². The molecule has 0 aliphatic rings. The first kappa shape index (κ1) is 10.3. The maximum Gasteiger partial charge on any atom is 0.142 e. The lowest BCUT2D eigenvalue weighted by Gasteiger charge is -2.03. The van der Waals surface area contributed by atoms with E-state index >= 15 is 0 Å². The van der Waals surface area contributed by atoms with Crippen molar-refractivity contribution in [2.75, 3.05) is 30.8 Å². The first-order chi connectivity index (χ1) is 6.25. The van der Waals surface area contributed by atoms with E-state index in [0.29, 0.717) is 12.4 Å². The highest BCUT2D eigenvalue weighted by molar-refractivity contribution is 7.10. The van der Waals surface area contributed by atoms with Crippen molar-refractivity contribution in [1.82, 2.24) is 4.37 Å². The highest BCUT2D eigenvalue weighted by Gasteiger charge is 2.04. The quantitative estimate of drug-likeness (QED) is 0.708. The van der Waals surface area contributed by atoms with E-state index in [1.807, 2.05) is 13.8 Å². The van der Waals surface area contributed by atoms with Crippen molar-refractivity contribution in [3.63, 3.8) is 0 Å². The van der Waals surface area contributed by atoms with Gasteiger partial charge >= 0.3 is 0 Å². The van der Waals surface area contributed by atoms with E-state index in [2.05, 4.69) is 9.69 Å². The lowest BCUT2D eigenvalue weighted by molar-refractivity contribution is 0.158. The third-order valence-corrected chi connectivity index (χ3v) is 2.62. The number of nitrogens with one attached hydrogen (secondary N) is 1. The standard InChI is InChI=1S/C8H15N3OS/c1-3-12-5-4-10-8-6(2)7(9)11-13-8/h10H,3-5H2,1-2H3,(H2,9,11). The molecule has 0 saturated carbocycles. The number of nitrogens with two attached hydrogens (primary N) is 1. The van der Waals surface area contributed by atoms with Gasteiger partial charge in [0.2, 0.25) is 0 Å². The van der Waals surface area contributed by atoms with Crippen molar-refractivity contribution in [3.05, 3.63) is 5.56 Å².